The maximum absolute atomic E-state index is 13.4. The van der Waals surface area contributed by atoms with Crippen molar-refractivity contribution in [3.05, 3.63) is 52.6 Å². The molecule has 182 valence electrons. The molecule has 36 heavy (non-hydrogen) atoms. The van der Waals surface area contributed by atoms with Gasteiger partial charge in [0.25, 0.3) is 5.91 Å². The van der Waals surface area contributed by atoms with Crippen molar-refractivity contribution in [2.45, 2.75) is 26.3 Å². The highest BCUT2D eigenvalue weighted by Gasteiger charge is 2.46. The molecule has 0 bridgehead atoms. The second-order valence-electron chi connectivity index (χ2n) is 8.77. The molecular weight excluding hydrogens is 462 g/mol. The fourth-order valence-electron chi connectivity index (χ4n) is 4.69. The number of hydrogen-bond acceptors (Lipinski definition) is 8. The number of methoxy groups -OCH3 is 3. The number of ether oxygens (including phenoxy) is 4. The number of esters is 1. The summed E-state index contributed by atoms with van der Waals surface area (Å²) in [4.78, 5) is 28.1. The Kier molecular flexibility index (Phi) is 5.95. The predicted molar refractivity (Wildman–Crippen MR) is 131 cm³/mol. The van der Waals surface area contributed by atoms with Gasteiger partial charge in [0.05, 0.1) is 43.7 Å². The van der Waals surface area contributed by atoms with Crippen molar-refractivity contribution in [2.24, 2.45) is 0 Å². The quantitative estimate of drug-likeness (QED) is 0.266. The molecule has 0 saturated heterocycles. The highest BCUT2D eigenvalue weighted by atomic mass is 16.5. The Balaban J connectivity index is 1.86. The molecule has 2 aliphatic heterocycles. The van der Waals surface area contributed by atoms with Crippen LogP contribution in [0.3, 0.4) is 0 Å². The summed E-state index contributed by atoms with van der Waals surface area (Å²) >= 11 is 0. The van der Waals surface area contributed by atoms with Crippen molar-refractivity contribution in [1.82, 2.24) is 0 Å². The number of amides is 1. The van der Waals surface area contributed by atoms with Gasteiger partial charge in [-0.2, -0.15) is 10.5 Å². The molecule has 9 nitrogen and oxygen atoms in total. The summed E-state index contributed by atoms with van der Waals surface area (Å²) in [7, 11) is 4.33. The maximum Gasteiger partial charge on any atom is 0.343 e. The Labute approximate surface area is 208 Å². The highest BCUT2D eigenvalue weighted by Crippen LogP contribution is 2.51. The number of anilines is 1. The number of nitrogens with zero attached hydrogens (tertiary/aromatic N) is 3. The van der Waals surface area contributed by atoms with Crippen molar-refractivity contribution in [3.63, 3.8) is 0 Å². The number of carbonyl (C=O) groups is 2. The summed E-state index contributed by atoms with van der Waals surface area (Å²) in [6.07, 6.45) is 1.92. The molecule has 0 aromatic heterocycles. The van der Waals surface area contributed by atoms with E-state index >= 15 is 0 Å². The van der Waals surface area contributed by atoms with E-state index in [0.29, 0.717) is 22.6 Å². The Morgan fingerprint density at radius 1 is 0.944 bits per heavy atom. The molecular formula is C27H23N3O6. The minimum absolute atomic E-state index is 0.0156. The molecule has 2 aromatic rings. The lowest BCUT2D eigenvalue weighted by molar-refractivity contribution is -0.113. The molecule has 4 rings (SSSR count). The number of nitriles is 2. The first-order chi connectivity index (χ1) is 17.1. The summed E-state index contributed by atoms with van der Waals surface area (Å²) in [6.45, 7) is 5.64. The topological polar surface area (TPSA) is 122 Å². The van der Waals surface area contributed by atoms with E-state index in [1.807, 2.05) is 39.0 Å². The van der Waals surface area contributed by atoms with Gasteiger partial charge in [-0.3, -0.25) is 9.69 Å². The third kappa shape index (κ3) is 3.62. The summed E-state index contributed by atoms with van der Waals surface area (Å²) in [5, 5.41) is 19.1. The van der Waals surface area contributed by atoms with Crippen LogP contribution in [0.1, 0.15) is 42.3 Å². The Bertz CT molecular complexity index is 1430. The summed E-state index contributed by atoms with van der Waals surface area (Å²) in [5.74, 6) is -0.105. The fraction of sp³-hybridized carbons (Fsp3) is 0.259. The zero-order valence-electron chi connectivity index (χ0n) is 20.7. The second-order valence-corrected chi connectivity index (χ2v) is 8.77. The van der Waals surface area contributed by atoms with Crippen LogP contribution in [-0.2, 0) is 4.79 Å². The van der Waals surface area contributed by atoms with Crippen LogP contribution in [0.5, 0.6) is 23.0 Å². The standard InChI is InChI=1S/C27H23N3O6/c1-14-11-27(2,3)30-23-18(14)9-17(10-19(23)22(25(30)31)16(12-28)13-29)36-26(32)15-7-20(33-4)24(35-6)21(8-15)34-5/h7-11H,1-6H3. The first-order valence-corrected chi connectivity index (χ1v) is 10.9. The maximum atomic E-state index is 13.4. The van der Waals surface area contributed by atoms with E-state index in [9.17, 15) is 20.1 Å². The summed E-state index contributed by atoms with van der Waals surface area (Å²) in [5.41, 5.74) is 1.61. The molecule has 0 atom stereocenters. The van der Waals surface area contributed by atoms with E-state index in [-0.39, 0.29) is 34.0 Å². The zero-order valence-corrected chi connectivity index (χ0v) is 20.7. The van der Waals surface area contributed by atoms with Crippen molar-refractivity contribution in [3.8, 4) is 35.1 Å². The number of allylic oxidation sites excluding steroid dienone is 2. The second kappa shape index (κ2) is 8.79. The SMILES string of the molecule is COc1cc(C(=O)Oc2cc3c4c(c2)C(=C(C#N)C#N)C(=O)N4C(C)(C)C=C3C)cc(OC)c1OC. The van der Waals surface area contributed by atoms with Crippen LogP contribution < -0.4 is 23.8 Å². The largest absolute Gasteiger partial charge is 0.493 e. The predicted octanol–water partition coefficient (Wildman–Crippen LogP) is 4.27. The smallest absolute Gasteiger partial charge is 0.343 e. The molecule has 0 N–H and O–H groups in total. The zero-order chi connectivity index (χ0) is 26.4. The Hall–Kier alpha value is -4.76. The first kappa shape index (κ1) is 24.4. The summed E-state index contributed by atoms with van der Waals surface area (Å²) < 4.78 is 21.6. The first-order valence-electron chi connectivity index (χ1n) is 10.9. The molecule has 9 heteroatoms. The number of carbonyl (C=O) groups excluding carboxylic acids is 2. The van der Waals surface area contributed by atoms with Gasteiger partial charge >= 0.3 is 5.97 Å². The molecule has 2 heterocycles. The average Bonchev–Trinajstić information content (AvgIpc) is 3.15. The lowest BCUT2D eigenvalue weighted by Gasteiger charge is -2.38. The molecule has 1 amide bonds. The van der Waals surface area contributed by atoms with Crippen LogP contribution in [0.4, 0.5) is 5.69 Å². The van der Waals surface area contributed by atoms with Crippen LogP contribution >= 0.6 is 0 Å². The van der Waals surface area contributed by atoms with Crippen LogP contribution in [0.2, 0.25) is 0 Å². The highest BCUT2D eigenvalue weighted by molar-refractivity contribution is 6.36. The lowest BCUT2D eigenvalue weighted by atomic mass is 9.88. The summed E-state index contributed by atoms with van der Waals surface area (Å²) in [6, 6.07) is 9.74. The van der Waals surface area contributed by atoms with Crippen molar-refractivity contribution < 1.29 is 28.5 Å². The van der Waals surface area contributed by atoms with Gasteiger partial charge in [-0.1, -0.05) is 6.08 Å². The van der Waals surface area contributed by atoms with Gasteiger partial charge in [0.2, 0.25) is 5.75 Å². The molecule has 2 aliphatic rings. The Morgan fingerprint density at radius 3 is 2.06 bits per heavy atom. The van der Waals surface area contributed by atoms with Gasteiger partial charge in [0.15, 0.2) is 11.5 Å². The van der Waals surface area contributed by atoms with Gasteiger partial charge < -0.3 is 18.9 Å². The van der Waals surface area contributed by atoms with E-state index in [1.54, 1.807) is 11.0 Å². The van der Waals surface area contributed by atoms with Crippen LogP contribution in [0, 0.1) is 22.7 Å². The minimum atomic E-state index is -0.702. The van der Waals surface area contributed by atoms with Crippen molar-refractivity contribution in [1.29, 1.82) is 10.5 Å². The minimum Gasteiger partial charge on any atom is -0.493 e. The average molecular weight is 485 g/mol. The molecule has 2 aromatic carbocycles. The van der Waals surface area contributed by atoms with Gasteiger partial charge in [-0.15, -0.1) is 0 Å². The van der Waals surface area contributed by atoms with Crippen LogP contribution in [-0.4, -0.2) is 38.7 Å². The van der Waals surface area contributed by atoms with Crippen LogP contribution in [0.25, 0.3) is 11.1 Å². The molecule has 0 fully saturated rings. The Morgan fingerprint density at radius 2 is 1.53 bits per heavy atom. The third-order valence-corrected chi connectivity index (χ3v) is 6.15. The van der Waals surface area contributed by atoms with E-state index in [1.165, 1.54) is 39.5 Å². The lowest BCUT2D eigenvalue weighted by Crippen LogP contribution is -2.46. The normalized spacial score (nSPS) is 14.8. The van der Waals surface area contributed by atoms with E-state index in [4.69, 9.17) is 18.9 Å². The fourth-order valence-corrected chi connectivity index (χ4v) is 4.69. The van der Waals surface area contributed by atoms with Crippen molar-refractivity contribution in [2.75, 3.05) is 26.2 Å². The number of benzene rings is 2. The molecule has 0 saturated carbocycles. The van der Waals surface area contributed by atoms with Gasteiger partial charge in [-0.25, -0.2) is 4.79 Å². The monoisotopic (exact) mass is 485 g/mol. The van der Waals surface area contributed by atoms with E-state index in [0.717, 1.165) is 5.57 Å². The van der Waals surface area contributed by atoms with E-state index in [2.05, 4.69) is 0 Å². The van der Waals surface area contributed by atoms with Gasteiger partial charge in [0, 0.05) is 11.1 Å². The molecule has 0 radical (unpaired) electrons. The third-order valence-electron chi connectivity index (χ3n) is 6.15. The van der Waals surface area contributed by atoms with Gasteiger partial charge in [0.1, 0.15) is 23.5 Å². The molecule has 0 aliphatic carbocycles. The van der Waals surface area contributed by atoms with Gasteiger partial charge in [-0.05, 0) is 50.6 Å². The molecule has 0 unspecified atom stereocenters. The van der Waals surface area contributed by atoms with Crippen LogP contribution in [0.15, 0.2) is 35.9 Å². The van der Waals surface area contributed by atoms with E-state index < -0.39 is 17.4 Å². The number of hydrogen-bond donors (Lipinski definition) is 0. The number of rotatable bonds is 5. The molecule has 0 spiro atoms. The van der Waals surface area contributed by atoms with Crippen molar-refractivity contribution >= 4 is 28.7 Å².